The van der Waals surface area contributed by atoms with Gasteiger partial charge >= 0.3 is 6.18 Å². The van der Waals surface area contributed by atoms with Crippen LogP contribution in [0.5, 0.6) is 0 Å². The molecule has 4 rings (SSSR count). The fourth-order valence-corrected chi connectivity index (χ4v) is 3.48. The van der Waals surface area contributed by atoms with Crippen LogP contribution in [0.15, 0.2) is 48.7 Å². The normalized spacial score (nSPS) is 11.3. The van der Waals surface area contributed by atoms with Crippen LogP contribution in [0.4, 0.5) is 18.9 Å². The Morgan fingerprint density at radius 2 is 1.94 bits per heavy atom. The molecule has 35 heavy (non-hydrogen) atoms. The van der Waals surface area contributed by atoms with E-state index < -0.39 is 29.4 Å². The Labute approximate surface area is 197 Å². The number of hydrogen-bond acceptors (Lipinski definition) is 5. The van der Waals surface area contributed by atoms with Crippen LogP contribution in [0.1, 0.15) is 43.5 Å². The Morgan fingerprint density at radius 1 is 1.20 bits per heavy atom. The SMILES string of the molecule is C#Cc1ccc(Cn2nc(C(F)(F)F)c(NC(=O)c3cc(C(N)=O)nc4ccccc34)c2C)nc1. The highest BCUT2D eigenvalue weighted by Gasteiger charge is 2.39. The molecule has 8 nitrogen and oxygen atoms in total. The van der Waals surface area contributed by atoms with Crippen molar-refractivity contribution in [1.82, 2.24) is 19.7 Å². The number of nitrogens with one attached hydrogen (secondary N) is 1. The number of carbonyl (C=O) groups excluding carboxylic acids is 2. The van der Waals surface area contributed by atoms with Gasteiger partial charge in [0.25, 0.3) is 11.8 Å². The third-order valence-electron chi connectivity index (χ3n) is 5.23. The molecular formula is C24H17F3N6O2. The number of nitrogens with two attached hydrogens (primary N) is 1. The molecule has 11 heteroatoms. The second-order valence-electron chi connectivity index (χ2n) is 7.54. The first-order valence-corrected chi connectivity index (χ1v) is 10.2. The number of rotatable bonds is 5. The highest BCUT2D eigenvalue weighted by Crippen LogP contribution is 2.36. The van der Waals surface area contributed by atoms with E-state index in [-0.39, 0.29) is 23.5 Å². The van der Waals surface area contributed by atoms with Gasteiger partial charge in [-0.1, -0.05) is 24.1 Å². The first-order valence-electron chi connectivity index (χ1n) is 10.2. The number of pyridine rings is 2. The third-order valence-corrected chi connectivity index (χ3v) is 5.23. The number of nitrogens with zero attached hydrogens (tertiary/aromatic N) is 4. The summed E-state index contributed by atoms with van der Waals surface area (Å²) in [7, 11) is 0. The molecule has 0 bridgehead atoms. The van der Waals surface area contributed by atoms with Gasteiger partial charge in [-0.2, -0.15) is 18.3 Å². The molecule has 0 atom stereocenters. The van der Waals surface area contributed by atoms with E-state index in [2.05, 4.69) is 26.3 Å². The number of terminal acetylenes is 1. The Balaban J connectivity index is 1.75. The van der Waals surface area contributed by atoms with Crippen LogP contribution in [0.25, 0.3) is 10.9 Å². The average Bonchev–Trinajstić information content (AvgIpc) is 3.14. The van der Waals surface area contributed by atoms with Crippen LogP contribution in [-0.2, 0) is 12.7 Å². The second kappa shape index (κ2) is 8.90. The minimum atomic E-state index is -4.85. The zero-order valence-corrected chi connectivity index (χ0v) is 18.2. The molecule has 1 aromatic carbocycles. The smallest absolute Gasteiger partial charge is 0.364 e. The topological polar surface area (TPSA) is 116 Å². The molecule has 3 heterocycles. The van der Waals surface area contributed by atoms with Crippen LogP contribution in [-0.4, -0.2) is 31.6 Å². The van der Waals surface area contributed by atoms with E-state index in [0.29, 0.717) is 22.2 Å². The highest BCUT2D eigenvalue weighted by molar-refractivity contribution is 6.14. The molecule has 2 amide bonds. The van der Waals surface area contributed by atoms with E-state index >= 15 is 0 Å². The Morgan fingerprint density at radius 3 is 2.57 bits per heavy atom. The summed E-state index contributed by atoms with van der Waals surface area (Å²) in [6.45, 7) is 1.31. The van der Waals surface area contributed by atoms with Crippen molar-refractivity contribution in [3.63, 3.8) is 0 Å². The van der Waals surface area contributed by atoms with Crippen LogP contribution >= 0.6 is 0 Å². The number of amides is 2. The van der Waals surface area contributed by atoms with Gasteiger partial charge in [-0.15, -0.1) is 6.42 Å². The first-order chi connectivity index (χ1) is 16.6. The van der Waals surface area contributed by atoms with Gasteiger partial charge < -0.3 is 11.1 Å². The molecule has 176 valence electrons. The maximum Gasteiger partial charge on any atom is 0.437 e. The summed E-state index contributed by atoms with van der Waals surface area (Å²) < 4.78 is 42.5. The maximum atomic E-state index is 13.8. The lowest BCUT2D eigenvalue weighted by molar-refractivity contribution is -0.140. The molecule has 0 saturated carbocycles. The summed E-state index contributed by atoms with van der Waals surface area (Å²) in [5.74, 6) is 0.648. The zero-order chi connectivity index (χ0) is 25.3. The third kappa shape index (κ3) is 4.67. The highest BCUT2D eigenvalue weighted by atomic mass is 19.4. The average molecular weight is 478 g/mol. The van der Waals surface area contributed by atoms with Crippen LogP contribution in [0.2, 0.25) is 0 Å². The van der Waals surface area contributed by atoms with Gasteiger partial charge in [-0.25, -0.2) is 4.98 Å². The van der Waals surface area contributed by atoms with Crippen molar-refractivity contribution in [2.75, 3.05) is 5.32 Å². The Bertz CT molecular complexity index is 1500. The van der Waals surface area contributed by atoms with Gasteiger partial charge in [0.15, 0.2) is 5.69 Å². The van der Waals surface area contributed by atoms with E-state index in [1.165, 1.54) is 13.1 Å². The molecule has 3 N–H and O–H groups in total. The maximum absolute atomic E-state index is 13.8. The Hall–Kier alpha value is -4.72. The lowest BCUT2D eigenvalue weighted by Gasteiger charge is -2.11. The minimum absolute atomic E-state index is 0.0574. The van der Waals surface area contributed by atoms with E-state index in [9.17, 15) is 22.8 Å². The summed E-state index contributed by atoms with van der Waals surface area (Å²) in [6.07, 6.45) is 1.87. The van der Waals surface area contributed by atoms with Crippen LogP contribution < -0.4 is 11.1 Å². The molecular weight excluding hydrogens is 461 g/mol. The molecule has 0 saturated heterocycles. The van der Waals surface area contributed by atoms with Crippen molar-refractivity contribution >= 4 is 28.4 Å². The van der Waals surface area contributed by atoms with Crippen molar-refractivity contribution in [3.8, 4) is 12.3 Å². The molecule has 0 aliphatic carbocycles. The fourth-order valence-electron chi connectivity index (χ4n) is 3.48. The quantitative estimate of drug-likeness (QED) is 0.426. The van der Waals surface area contributed by atoms with E-state index in [1.807, 2.05) is 0 Å². The van der Waals surface area contributed by atoms with E-state index in [4.69, 9.17) is 12.2 Å². The summed E-state index contributed by atoms with van der Waals surface area (Å²) in [5.41, 5.74) is 4.58. The zero-order valence-electron chi connectivity index (χ0n) is 18.2. The molecule has 3 aromatic heterocycles. The molecule has 0 radical (unpaired) electrons. The van der Waals surface area contributed by atoms with Crippen LogP contribution in [0, 0.1) is 19.3 Å². The van der Waals surface area contributed by atoms with Gasteiger partial charge in [-0.3, -0.25) is 19.3 Å². The summed E-state index contributed by atoms with van der Waals surface area (Å²) in [5, 5.41) is 6.34. The number of hydrogen-bond donors (Lipinski definition) is 2. The fraction of sp³-hybridized carbons (Fsp3) is 0.125. The number of fused-ring (bicyclic) bond motifs is 1. The molecule has 0 aliphatic heterocycles. The largest absolute Gasteiger partial charge is 0.437 e. The minimum Gasteiger partial charge on any atom is -0.364 e. The van der Waals surface area contributed by atoms with Gasteiger partial charge in [0.2, 0.25) is 0 Å². The number of carbonyl (C=O) groups is 2. The number of aromatic nitrogens is 4. The van der Waals surface area contributed by atoms with E-state index in [1.54, 1.807) is 36.4 Å². The number of halogens is 3. The van der Waals surface area contributed by atoms with Crippen molar-refractivity contribution in [1.29, 1.82) is 0 Å². The number of anilines is 1. The molecule has 0 unspecified atom stereocenters. The van der Waals surface area contributed by atoms with E-state index in [0.717, 1.165) is 10.7 Å². The predicted molar refractivity (Wildman–Crippen MR) is 121 cm³/mol. The lowest BCUT2D eigenvalue weighted by atomic mass is 10.1. The predicted octanol–water partition coefficient (Wildman–Crippen LogP) is 3.53. The molecule has 0 fully saturated rings. The monoisotopic (exact) mass is 478 g/mol. The number of alkyl halides is 3. The lowest BCUT2D eigenvalue weighted by Crippen LogP contribution is -2.19. The van der Waals surface area contributed by atoms with Crippen molar-refractivity contribution in [2.24, 2.45) is 5.73 Å². The van der Waals surface area contributed by atoms with Crippen molar-refractivity contribution < 1.29 is 22.8 Å². The summed E-state index contributed by atoms with van der Waals surface area (Å²) in [6, 6.07) is 10.7. The molecule has 4 aromatic rings. The van der Waals surface area contributed by atoms with Gasteiger partial charge in [0.05, 0.1) is 34.7 Å². The first kappa shape index (κ1) is 23.4. The summed E-state index contributed by atoms with van der Waals surface area (Å²) in [4.78, 5) is 33.1. The number of primary amides is 1. The molecule has 0 spiro atoms. The van der Waals surface area contributed by atoms with Crippen molar-refractivity contribution in [3.05, 3.63) is 82.6 Å². The second-order valence-corrected chi connectivity index (χ2v) is 7.54. The van der Waals surface area contributed by atoms with Gasteiger partial charge in [0.1, 0.15) is 5.69 Å². The molecule has 0 aliphatic rings. The van der Waals surface area contributed by atoms with Crippen molar-refractivity contribution in [2.45, 2.75) is 19.6 Å². The number of para-hydroxylation sites is 1. The van der Waals surface area contributed by atoms with Crippen LogP contribution in [0.3, 0.4) is 0 Å². The number of benzene rings is 1. The standard InChI is InChI=1S/C24H17F3N6O2/c1-3-14-8-9-15(29-11-14)12-33-13(2)20(21(32-33)24(25,26)27)31-23(35)17-10-19(22(28)34)30-18-7-5-4-6-16(17)18/h1,4-11H,12H2,2H3,(H2,28,34)(H,31,35). The summed E-state index contributed by atoms with van der Waals surface area (Å²) >= 11 is 0. The van der Waals surface area contributed by atoms with Gasteiger partial charge in [0, 0.05) is 17.1 Å². The Kier molecular flexibility index (Phi) is 5.96. The van der Waals surface area contributed by atoms with Gasteiger partial charge in [-0.05, 0) is 31.2 Å².